The Balaban J connectivity index is 1.13. The third-order valence-corrected chi connectivity index (χ3v) is 7.03. The van der Waals surface area contributed by atoms with Gasteiger partial charge in [-0.2, -0.15) is 0 Å². The Morgan fingerprint density at radius 3 is 2.52 bits per heavy atom. The first kappa shape index (κ1) is 22.3. The van der Waals surface area contributed by atoms with Gasteiger partial charge >= 0.3 is 0 Å². The normalized spacial score (nSPS) is 16.5. The topological polar surface area (TPSA) is 89.9 Å². The van der Waals surface area contributed by atoms with Crippen LogP contribution in [0.2, 0.25) is 10.0 Å². The molecule has 8 heteroatoms. The standard InChI is InChI=1S/C25H27Cl2N5O/c26-17-2-4-23-21(10-17)16(13-29-23)14-32-7-5-19(6-8-32)31-25(33)22(28)9-15-12-30-24-11-18(27)1-3-20(15)24/h1-4,10-13,19,22,29-30H,5-9,14,28H2,(H,31,33)/t22-/m0/s1. The molecule has 1 fully saturated rings. The third kappa shape index (κ3) is 4.89. The summed E-state index contributed by atoms with van der Waals surface area (Å²) in [7, 11) is 0. The van der Waals surface area contributed by atoms with Crippen LogP contribution in [0.5, 0.6) is 0 Å². The van der Waals surface area contributed by atoms with Crippen molar-refractivity contribution in [2.75, 3.05) is 13.1 Å². The Morgan fingerprint density at radius 2 is 1.70 bits per heavy atom. The van der Waals surface area contributed by atoms with Crippen LogP contribution in [0.4, 0.5) is 0 Å². The number of nitrogens with one attached hydrogen (secondary N) is 3. The Bertz CT molecular complexity index is 1290. The first-order chi connectivity index (χ1) is 16.0. The van der Waals surface area contributed by atoms with E-state index in [9.17, 15) is 4.79 Å². The summed E-state index contributed by atoms with van der Waals surface area (Å²) in [6.07, 6.45) is 6.27. The third-order valence-electron chi connectivity index (χ3n) is 6.56. The van der Waals surface area contributed by atoms with E-state index in [4.69, 9.17) is 28.9 Å². The van der Waals surface area contributed by atoms with Crippen LogP contribution in [-0.4, -0.2) is 45.9 Å². The molecule has 0 spiro atoms. The molecular weight excluding hydrogens is 457 g/mol. The summed E-state index contributed by atoms with van der Waals surface area (Å²) in [6.45, 7) is 2.72. The number of fused-ring (bicyclic) bond motifs is 2. The fourth-order valence-corrected chi connectivity index (χ4v) is 5.07. The van der Waals surface area contributed by atoms with Crippen molar-refractivity contribution >= 4 is 50.9 Å². The van der Waals surface area contributed by atoms with Crippen molar-refractivity contribution < 1.29 is 4.79 Å². The largest absolute Gasteiger partial charge is 0.361 e. The van der Waals surface area contributed by atoms with Gasteiger partial charge in [-0.15, -0.1) is 0 Å². The highest BCUT2D eigenvalue weighted by atomic mass is 35.5. The molecule has 6 nitrogen and oxygen atoms in total. The van der Waals surface area contributed by atoms with E-state index in [0.29, 0.717) is 11.4 Å². The molecule has 1 aliphatic heterocycles. The highest BCUT2D eigenvalue weighted by Gasteiger charge is 2.24. The first-order valence-electron chi connectivity index (χ1n) is 11.3. The van der Waals surface area contributed by atoms with Gasteiger partial charge in [0.05, 0.1) is 6.04 Å². The van der Waals surface area contributed by atoms with Crippen LogP contribution in [0.3, 0.4) is 0 Å². The van der Waals surface area contributed by atoms with Gasteiger partial charge in [-0.3, -0.25) is 9.69 Å². The number of hydrogen-bond acceptors (Lipinski definition) is 3. The van der Waals surface area contributed by atoms with E-state index in [-0.39, 0.29) is 11.9 Å². The van der Waals surface area contributed by atoms with Gasteiger partial charge in [-0.25, -0.2) is 0 Å². The summed E-state index contributed by atoms with van der Waals surface area (Å²) in [4.78, 5) is 21.7. The molecule has 4 aromatic rings. The number of benzene rings is 2. The van der Waals surface area contributed by atoms with E-state index in [1.165, 1.54) is 10.9 Å². The van der Waals surface area contributed by atoms with Crippen LogP contribution in [-0.2, 0) is 17.8 Å². The summed E-state index contributed by atoms with van der Waals surface area (Å²) in [5.74, 6) is -0.0944. The second-order valence-corrected chi connectivity index (χ2v) is 9.75. The zero-order valence-corrected chi connectivity index (χ0v) is 19.7. The van der Waals surface area contributed by atoms with Crippen molar-refractivity contribution in [3.63, 3.8) is 0 Å². The summed E-state index contributed by atoms with van der Waals surface area (Å²) >= 11 is 12.2. The minimum Gasteiger partial charge on any atom is -0.361 e. The van der Waals surface area contributed by atoms with E-state index in [1.807, 2.05) is 42.6 Å². The lowest BCUT2D eigenvalue weighted by molar-refractivity contribution is -0.123. The Kier molecular flexibility index (Phi) is 6.34. The molecule has 33 heavy (non-hydrogen) atoms. The SMILES string of the molecule is N[C@@H](Cc1c[nH]c2cc(Cl)ccc12)C(=O)NC1CCN(Cc2c[nH]c3ccc(Cl)cc23)CC1. The Hall–Kier alpha value is -2.51. The van der Waals surface area contributed by atoms with Crippen molar-refractivity contribution in [2.24, 2.45) is 5.73 Å². The van der Waals surface area contributed by atoms with Crippen LogP contribution >= 0.6 is 23.2 Å². The van der Waals surface area contributed by atoms with E-state index in [0.717, 1.165) is 59.5 Å². The number of hydrogen-bond donors (Lipinski definition) is 4. The molecule has 172 valence electrons. The number of amides is 1. The predicted molar refractivity (Wildman–Crippen MR) is 135 cm³/mol. The van der Waals surface area contributed by atoms with Gasteiger partial charge in [0.15, 0.2) is 0 Å². The molecule has 1 saturated heterocycles. The van der Waals surface area contributed by atoms with Crippen LogP contribution < -0.4 is 11.1 Å². The molecule has 5 N–H and O–H groups in total. The molecule has 2 aromatic carbocycles. The van der Waals surface area contributed by atoms with Crippen LogP contribution in [0.15, 0.2) is 48.8 Å². The molecule has 1 amide bonds. The lowest BCUT2D eigenvalue weighted by atomic mass is 10.0. The molecule has 0 aliphatic carbocycles. The molecule has 2 aromatic heterocycles. The number of aromatic nitrogens is 2. The van der Waals surface area contributed by atoms with Crippen molar-refractivity contribution in [1.29, 1.82) is 0 Å². The summed E-state index contributed by atoms with van der Waals surface area (Å²) < 4.78 is 0. The van der Waals surface area contributed by atoms with Crippen LogP contribution in [0, 0.1) is 0 Å². The minimum atomic E-state index is -0.589. The fourth-order valence-electron chi connectivity index (χ4n) is 4.72. The van der Waals surface area contributed by atoms with Crippen molar-refractivity contribution in [3.05, 3.63) is 70.0 Å². The number of piperidine rings is 1. The number of carbonyl (C=O) groups is 1. The average Bonchev–Trinajstić information content (AvgIpc) is 3.38. The zero-order chi connectivity index (χ0) is 22.9. The van der Waals surface area contributed by atoms with Gasteiger partial charge < -0.3 is 21.0 Å². The van der Waals surface area contributed by atoms with Gasteiger partial charge in [-0.05, 0) is 60.7 Å². The maximum absolute atomic E-state index is 12.7. The summed E-state index contributed by atoms with van der Waals surface area (Å²) in [5, 5.41) is 6.81. The highest BCUT2D eigenvalue weighted by Crippen LogP contribution is 2.25. The molecular formula is C25H27Cl2N5O. The molecule has 0 bridgehead atoms. The van der Waals surface area contributed by atoms with E-state index >= 15 is 0 Å². The van der Waals surface area contributed by atoms with Gasteiger partial charge in [0, 0.05) is 69.9 Å². The van der Waals surface area contributed by atoms with Gasteiger partial charge in [0.1, 0.15) is 0 Å². The maximum Gasteiger partial charge on any atom is 0.237 e. The second-order valence-electron chi connectivity index (χ2n) is 8.88. The summed E-state index contributed by atoms with van der Waals surface area (Å²) in [6, 6.07) is 11.2. The van der Waals surface area contributed by atoms with Gasteiger partial charge in [-0.1, -0.05) is 29.3 Å². The highest BCUT2D eigenvalue weighted by molar-refractivity contribution is 6.31. The second kappa shape index (κ2) is 9.39. The summed E-state index contributed by atoms with van der Waals surface area (Å²) in [5.41, 5.74) is 10.6. The predicted octanol–water partition coefficient (Wildman–Crippen LogP) is 4.61. The number of carbonyl (C=O) groups excluding carboxylic acids is 1. The van der Waals surface area contributed by atoms with E-state index < -0.39 is 6.04 Å². The number of H-pyrrole nitrogens is 2. The number of nitrogens with two attached hydrogens (primary N) is 1. The monoisotopic (exact) mass is 483 g/mol. The molecule has 1 atom stereocenters. The number of aromatic amines is 2. The molecule has 0 radical (unpaired) electrons. The van der Waals surface area contributed by atoms with Gasteiger partial charge in [0.2, 0.25) is 5.91 Å². The van der Waals surface area contributed by atoms with Crippen LogP contribution in [0.25, 0.3) is 21.8 Å². The number of rotatable bonds is 6. The average molecular weight is 484 g/mol. The van der Waals surface area contributed by atoms with E-state index in [1.54, 1.807) is 0 Å². The lowest BCUT2D eigenvalue weighted by Crippen LogP contribution is -2.50. The van der Waals surface area contributed by atoms with E-state index in [2.05, 4.69) is 26.4 Å². The smallest absolute Gasteiger partial charge is 0.237 e. The molecule has 1 aliphatic rings. The molecule has 5 rings (SSSR count). The number of halogens is 2. The van der Waals surface area contributed by atoms with Gasteiger partial charge in [0.25, 0.3) is 0 Å². The molecule has 0 saturated carbocycles. The molecule has 3 heterocycles. The number of nitrogens with zero attached hydrogens (tertiary/aromatic N) is 1. The lowest BCUT2D eigenvalue weighted by Gasteiger charge is -2.32. The fraction of sp³-hybridized carbons (Fsp3) is 0.320. The number of likely N-dealkylation sites (tertiary alicyclic amines) is 1. The minimum absolute atomic E-state index is 0.0944. The first-order valence-corrected chi connectivity index (χ1v) is 12.0. The van der Waals surface area contributed by atoms with Crippen LogP contribution in [0.1, 0.15) is 24.0 Å². The Morgan fingerprint density at radius 1 is 1.00 bits per heavy atom. The van der Waals surface area contributed by atoms with Crippen molar-refractivity contribution in [2.45, 2.75) is 37.9 Å². The van der Waals surface area contributed by atoms with Crippen molar-refractivity contribution in [3.8, 4) is 0 Å². The Labute approximate surface area is 202 Å². The zero-order valence-electron chi connectivity index (χ0n) is 18.2. The molecule has 0 unspecified atom stereocenters. The van der Waals surface area contributed by atoms with Crippen molar-refractivity contribution in [1.82, 2.24) is 20.2 Å². The quantitative estimate of drug-likeness (QED) is 0.322. The maximum atomic E-state index is 12.7.